The molecule has 0 aliphatic carbocycles. The Morgan fingerprint density at radius 3 is 2.48 bits per heavy atom. The van der Waals surface area contributed by atoms with Crippen molar-refractivity contribution >= 4 is 29.5 Å². The van der Waals surface area contributed by atoms with Crippen molar-refractivity contribution in [1.82, 2.24) is 4.98 Å². The summed E-state index contributed by atoms with van der Waals surface area (Å²) in [5.41, 5.74) is 0.907. The molecule has 0 atom stereocenters. The molecule has 3 rings (SSSR count). The van der Waals surface area contributed by atoms with Crippen LogP contribution in [0, 0.1) is 0 Å². The number of nitrogens with one attached hydrogen (secondary N) is 1. The molecule has 0 radical (unpaired) electrons. The molecule has 1 saturated heterocycles. The molecule has 1 aliphatic heterocycles. The number of aromatic amines is 1. The van der Waals surface area contributed by atoms with Gasteiger partial charge >= 0.3 is 13.1 Å². The molecule has 5 nitrogen and oxygen atoms in total. The lowest BCUT2D eigenvalue weighted by molar-refractivity contribution is -0.133. The average molecular weight is 315 g/mol. The topological polar surface area (TPSA) is 60.6 Å². The van der Waals surface area contributed by atoms with Crippen LogP contribution >= 0.6 is 0 Å². The fourth-order valence-electron chi connectivity index (χ4n) is 2.62. The number of fused-ring (bicyclic) bond motifs is 1. The second-order valence-corrected chi connectivity index (χ2v) is 6.84. The summed E-state index contributed by atoms with van der Waals surface area (Å²) in [5, 5.41) is 0.827. The quantitative estimate of drug-likeness (QED) is 0.699. The molecule has 2 heterocycles. The smallest absolute Gasteiger partial charge is 0.424 e. The molecule has 0 spiro atoms. The van der Waals surface area contributed by atoms with E-state index in [2.05, 4.69) is 4.98 Å². The maximum atomic E-state index is 11.7. The number of hydrogen-bond acceptors (Lipinski definition) is 4. The molecule has 1 aromatic heterocycles. The molecule has 1 aliphatic rings. The van der Waals surface area contributed by atoms with Crippen molar-refractivity contribution in [3.63, 3.8) is 0 Å². The standard InChI is InChI=1S/C17H22BNO4/c1-6-14(20)21-13-10-19-12-9-7-8-11(15(12)13)18-22-16(2,3)17(4,5)23-18/h7-10,19H,6H2,1-5H3. The van der Waals surface area contributed by atoms with Crippen molar-refractivity contribution < 1.29 is 18.8 Å². The van der Waals surface area contributed by atoms with Gasteiger partial charge in [-0.25, -0.2) is 0 Å². The van der Waals surface area contributed by atoms with E-state index in [0.29, 0.717) is 12.2 Å². The largest absolute Gasteiger partial charge is 0.495 e. The number of carbonyl (C=O) groups is 1. The van der Waals surface area contributed by atoms with Gasteiger partial charge in [-0.15, -0.1) is 0 Å². The molecule has 2 aromatic rings. The number of rotatable bonds is 3. The summed E-state index contributed by atoms with van der Waals surface area (Å²) >= 11 is 0. The lowest BCUT2D eigenvalue weighted by Crippen LogP contribution is -2.41. The van der Waals surface area contributed by atoms with Gasteiger partial charge in [0.25, 0.3) is 0 Å². The predicted molar refractivity (Wildman–Crippen MR) is 89.9 cm³/mol. The Morgan fingerprint density at radius 1 is 1.22 bits per heavy atom. The van der Waals surface area contributed by atoms with Gasteiger partial charge in [-0.3, -0.25) is 4.79 Å². The second-order valence-electron chi connectivity index (χ2n) is 6.84. The van der Waals surface area contributed by atoms with Crippen LogP contribution in [0.1, 0.15) is 41.0 Å². The Hall–Kier alpha value is -1.79. The molecular weight excluding hydrogens is 293 g/mol. The molecule has 23 heavy (non-hydrogen) atoms. The van der Waals surface area contributed by atoms with Gasteiger partial charge in [0.05, 0.1) is 11.2 Å². The molecule has 1 fully saturated rings. The van der Waals surface area contributed by atoms with E-state index in [1.54, 1.807) is 13.1 Å². The van der Waals surface area contributed by atoms with Crippen LogP contribution in [0.25, 0.3) is 10.9 Å². The highest BCUT2D eigenvalue weighted by atomic mass is 16.7. The van der Waals surface area contributed by atoms with Crippen molar-refractivity contribution in [3.05, 3.63) is 24.4 Å². The van der Waals surface area contributed by atoms with Gasteiger partial charge < -0.3 is 19.0 Å². The molecule has 1 aromatic carbocycles. The Kier molecular flexibility index (Phi) is 3.77. The maximum Gasteiger partial charge on any atom is 0.495 e. The van der Waals surface area contributed by atoms with Crippen molar-refractivity contribution in [2.75, 3.05) is 0 Å². The second kappa shape index (κ2) is 5.39. The number of aromatic nitrogens is 1. The van der Waals surface area contributed by atoms with Gasteiger partial charge in [0.1, 0.15) is 0 Å². The first-order valence-electron chi connectivity index (χ1n) is 7.91. The number of ether oxygens (including phenoxy) is 1. The Balaban J connectivity index is 2.05. The van der Waals surface area contributed by atoms with E-state index in [0.717, 1.165) is 16.4 Å². The van der Waals surface area contributed by atoms with Crippen LogP contribution in [0.3, 0.4) is 0 Å². The molecule has 122 valence electrons. The zero-order valence-corrected chi connectivity index (χ0v) is 14.2. The van der Waals surface area contributed by atoms with Crippen molar-refractivity contribution in [3.8, 4) is 5.75 Å². The van der Waals surface area contributed by atoms with Gasteiger partial charge in [-0.2, -0.15) is 0 Å². The number of hydrogen-bond donors (Lipinski definition) is 1. The number of carbonyl (C=O) groups excluding carboxylic acids is 1. The molecule has 0 bridgehead atoms. The zero-order chi connectivity index (χ0) is 16.8. The predicted octanol–water partition coefficient (Wildman–Crippen LogP) is 2.78. The summed E-state index contributed by atoms with van der Waals surface area (Å²) < 4.78 is 17.7. The monoisotopic (exact) mass is 315 g/mol. The van der Waals surface area contributed by atoms with Gasteiger partial charge in [0, 0.05) is 23.5 Å². The van der Waals surface area contributed by atoms with Crippen LogP contribution in [0.4, 0.5) is 0 Å². The van der Waals surface area contributed by atoms with Crippen molar-refractivity contribution in [2.24, 2.45) is 0 Å². The first kappa shape index (κ1) is 16.1. The van der Waals surface area contributed by atoms with E-state index >= 15 is 0 Å². The Labute approximate surface area is 136 Å². The highest BCUT2D eigenvalue weighted by Crippen LogP contribution is 2.37. The normalized spacial score (nSPS) is 19.3. The first-order chi connectivity index (χ1) is 10.7. The lowest BCUT2D eigenvalue weighted by atomic mass is 9.77. The fourth-order valence-corrected chi connectivity index (χ4v) is 2.62. The Bertz CT molecular complexity index is 734. The first-order valence-corrected chi connectivity index (χ1v) is 7.91. The highest BCUT2D eigenvalue weighted by molar-refractivity contribution is 6.65. The summed E-state index contributed by atoms with van der Waals surface area (Å²) in [7, 11) is -0.501. The van der Waals surface area contributed by atoms with Crippen LogP contribution in [-0.4, -0.2) is 29.3 Å². The number of H-pyrrole nitrogens is 1. The SMILES string of the molecule is CCC(=O)Oc1c[nH]c2cccc(B3OC(C)(C)C(C)(C)O3)c12. The lowest BCUT2D eigenvalue weighted by Gasteiger charge is -2.32. The third-order valence-electron chi connectivity index (χ3n) is 4.72. The fraction of sp³-hybridized carbons (Fsp3) is 0.471. The Morgan fingerprint density at radius 2 is 1.87 bits per heavy atom. The summed E-state index contributed by atoms with van der Waals surface area (Å²) in [6, 6.07) is 5.82. The molecular formula is C17H22BNO4. The maximum absolute atomic E-state index is 11.7. The third kappa shape index (κ3) is 2.66. The van der Waals surface area contributed by atoms with E-state index in [1.165, 1.54) is 0 Å². The van der Waals surface area contributed by atoms with Crippen LogP contribution in [0.2, 0.25) is 0 Å². The van der Waals surface area contributed by atoms with Gasteiger partial charge in [-0.1, -0.05) is 19.1 Å². The molecule has 0 saturated carbocycles. The minimum atomic E-state index is -0.501. The molecule has 0 amide bonds. The summed E-state index contributed by atoms with van der Waals surface area (Å²) in [4.78, 5) is 14.8. The van der Waals surface area contributed by atoms with E-state index in [9.17, 15) is 4.79 Å². The van der Waals surface area contributed by atoms with E-state index in [-0.39, 0.29) is 5.97 Å². The third-order valence-corrected chi connectivity index (χ3v) is 4.72. The molecule has 0 unspecified atom stereocenters. The average Bonchev–Trinajstić information content (AvgIpc) is 2.97. The summed E-state index contributed by atoms with van der Waals surface area (Å²) in [6.07, 6.45) is 2.03. The van der Waals surface area contributed by atoms with Crippen LogP contribution in [0.15, 0.2) is 24.4 Å². The minimum absolute atomic E-state index is 0.269. The summed E-state index contributed by atoms with van der Waals surface area (Å²) in [5.74, 6) is 0.242. The van der Waals surface area contributed by atoms with Crippen molar-refractivity contribution in [2.45, 2.75) is 52.2 Å². The zero-order valence-electron chi connectivity index (χ0n) is 14.2. The highest BCUT2D eigenvalue weighted by Gasteiger charge is 2.52. The number of esters is 1. The van der Waals surface area contributed by atoms with Gasteiger partial charge in [-0.05, 0) is 39.2 Å². The van der Waals surface area contributed by atoms with E-state index in [1.807, 2.05) is 45.9 Å². The van der Waals surface area contributed by atoms with Crippen LogP contribution in [-0.2, 0) is 14.1 Å². The van der Waals surface area contributed by atoms with E-state index < -0.39 is 18.3 Å². The molecule has 6 heteroatoms. The van der Waals surface area contributed by atoms with Crippen molar-refractivity contribution in [1.29, 1.82) is 0 Å². The molecule has 1 N–H and O–H groups in total. The van der Waals surface area contributed by atoms with E-state index in [4.69, 9.17) is 14.0 Å². The van der Waals surface area contributed by atoms with Gasteiger partial charge in [0.2, 0.25) is 0 Å². The minimum Gasteiger partial charge on any atom is -0.424 e. The number of benzene rings is 1. The summed E-state index contributed by atoms with van der Waals surface area (Å²) in [6.45, 7) is 9.83. The van der Waals surface area contributed by atoms with Crippen LogP contribution in [0.5, 0.6) is 5.75 Å². The van der Waals surface area contributed by atoms with Crippen LogP contribution < -0.4 is 10.2 Å². The van der Waals surface area contributed by atoms with Gasteiger partial charge in [0.15, 0.2) is 5.75 Å².